The van der Waals surface area contributed by atoms with Gasteiger partial charge < -0.3 is 10.1 Å². The van der Waals surface area contributed by atoms with E-state index in [0.717, 1.165) is 30.4 Å². The Labute approximate surface area is 124 Å². The number of aryl methyl sites for hydroxylation is 1. The first-order valence-electron chi connectivity index (χ1n) is 7.34. The molecule has 0 bridgehead atoms. The van der Waals surface area contributed by atoms with E-state index in [-0.39, 0.29) is 12.1 Å². The molecule has 1 aliphatic heterocycles. The van der Waals surface area contributed by atoms with E-state index in [1.807, 2.05) is 23.9 Å². The summed E-state index contributed by atoms with van der Waals surface area (Å²) >= 11 is 0. The average Bonchev–Trinajstić information content (AvgIpc) is 3.07. The molecule has 1 saturated heterocycles. The Morgan fingerprint density at radius 2 is 2.19 bits per heavy atom. The van der Waals surface area contributed by atoms with Gasteiger partial charge in [-0.15, -0.1) is 0 Å². The van der Waals surface area contributed by atoms with Gasteiger partial charge in [0.25, 0.3) is 0 Å². The first kappa shape index (κ1) is 14.0. The summed E-state index contributed by atoms with van der Waals surface area (Å²) in [5.74, 6) is 2.03. The Morgan fingerprint density at radius 1 is 1.33 bits per heavy atom. The molecule has 21 heavy (non-hydrogen) atoms. The number of hydrogen-bond acceptors (Lipinski definition) is 5. The van der Waals surface area contributed by atoms with Gasteiger partial charge in [-0.05, 0) is 18.6 Å². The molecule has 0 radical (unpaired) electrons. The molecule has 6 nitrogen and oxygen atoms in total. The average molecular weight is 287 g/mol. The summed E-state index contributed by atoms with van der Waals surface area (Å²) in [6.45, 7) is 4.93. The normalized spacial score (nSPS) is 21.9. The van der Waals surface area contributed by atoms with Crippen LogP contribution >= 0.6 is 0 Å². The number of rotatable bonds is 4. The van der Waals surface area contributed by atoms with Crippen molar-refractivity contribution in [1.29, 1.82) is 0 Å². The minimum Gasteiger partial charge on any atom is -0.370 e. The Morgan fingerprint density at radius 3 is 2.90 bits per heavy atom. The van der Waals surface area contributed by atoms with Crippen molar-refractivity contribution in [1.82, 2.24) is 19.7 Å². The molecule has 2 aromatic heterocycles. The molecule has 6 heteroatoms. The van der Waals surface area contributed by atoms with Crippen LogP contribution in [0, 0.1) is 0 Å². The van der Waals surface area contributed by atoms with Crippen LogP contribution in [0.3, 0.4) is 0 Å². The lowest BCUT2D eigenvalue weighted by Crippen LogP contribution is -2.25. The molecule has 0 aromatic carbocycles. The molecule has 0 aliphatic carbocycles. The van der Waals surface area contributed by atoms with E-state index in [1.165, 1.54) is 0 Å². The van der Waals surface area contributed by atoms with Crippen molar-refractivity contribution in [3.8, 4) is 0 Å². The van der Waals surface area contributed by atoms with E-state index in [2.05, 4.69) is 34.2 Å². The maximum Gasteiger partial charge on any atom is 0.133 e. The van der Waals surface area contributed by atoms with Gasteiger partial charge in [-0.2, -0.15) is 5.10 Å². The predicted molar refractivity (Wildman–Crippen MR) is 80.0 cm³/mol. The third-order valence-corrected chi connectivity index (χ3v) is 3.77. The van der Waals surface area contributed by atoms with Gasteiger partial charge in [0.05, 0.1) is 11.7 Å². The number of ether oxygens (including phenoxy) is 1. The quantitative estimate of drug-likeness (QED) is 0.934. The highest BCUT2D eigenvalue weighted by Gasteiger charge is 2.31. The molecule has 3 heterocycles. The van der Waals surface area contributed by atoms with Gasteiger partial charge in [-0.25, -0.2) is 9.97 Å². The molecule has 1 aliphatic rings. The highest BCUT2D eigenvalue weighted by molar-refractivity contribution is 5.36. The van der Waals surface area contributed by atoms with E-state index in [0.29, 0.717) is 5.92 Å². The Balaban J connectivity index is 1.78. The van der Waals surface area contributed by atoms with Gasteiger partial charge in [0.2, 0.25) is 0 Å². The number of anilines is 1. The lowest BCUT2D eigenvalue weighted by Gasteiger charge is -2.20. The van der Waals surface area contributed by atoms with Crippen molar-refractivity contribution in [2.45, 2.75) is 38.3 Å². The molecule has 0 saturated carbocycles. The lowest BCUT2D eigenvalue weighted by atomic mass is 10.1. The minimum absolute atomic E-state index is 0.00923. The lowest BCUT2D eigenvalue weighted by molar-refractivity contribution is 0.101. The largest absolute Gasteiger partial charge is 0.370 e. The zero-order valence-corrected chi connectivity index (χ0v) is 12.7. The molecule has 3 rings (SSSR count). The van der Waals surface area contributed by atoms with Gasteiger partial charge in [-0.1, -0.05) is 13.8 Å². The Bertz CT molecular complexity index is 610. The van der Waals surface area contributed by atoms with Crippen molar-refractivity contribution in [3.05, 3.63) is 36.0 Å². The fourth-order valence-corrected chi connectivity index (χ4v) is 2.61. The van der Waals surface area contributed by atoms with Crippen LogP contribution in [0.5, 0.6) is 0 Å². The molecule has 0 spiro atoms. The summed E-state index contributed by atoms with van der Waals surface area (Å²) in [6, 6.07) is 4.12. The second-order valence-electron chi connectivity index (χ2n) is 5.67. The zero-order valence-electron chi connectivity index (χ0n) is 12.7. The molecule has 2 atom stereocenters. The summed E-state index contributed by atoms with van der Waals surface area (Å²) in [5.41, 5.74) is 1.09. The molecule has 2 aromatic rings. The van der Waals surface area contributed by atoms with Gasteiger partial charge >= 0.3 is 0 Å². The second kappa shape index (κ2) is 5.81. The maximum atomic E-state index is 5.87. The highest BCUT2D eigenvalue weighted by atomic mass is 16.5. The molecule has 1 fully saturated rings. The van der Waals surface area contributed by atoms with Crippen LogP contribution < -0.4 is 5.32 Å². The molecular weight excluding hydrogens is 266 g/mol. The summed E-state index contributed by atoms with van der Waals surface area (Å²) < 4.78 is 7.74. The number of hydrogen-bond donors (Lipinski definition) is 1. The second-order valence-corrected chi connectivity index (χ2v) is 5.67. The number of nitrogens with zero attached hydrogens (tertiary/aromatic N) is 4. The zero-order chi connectivity index (χ0) is 14.8. The Kier molecular flexibility index (Phi) is 3.88. The SMILES string of the molecule is CC(C)c1nccc(N[C@H]2CCO[C@@H]2c2ccnn2C)n1. The van der Waals surface area contributed by atoms with Crippen molar-refractivity contribution in [3.63, 3.8) is 0 Å². The van der Waals surface area contributed by atoms with E-state index >= 15 is 0 Å². The number of nitrogens with one attached hydrogen (secondary N) is 1. The maximum absolute atomic E-state index is 5.87. The van der Waals surface area contributed by atoms with Crippen LogP contribution in [-0.4, -0.2) is 32.4 Å². The van der Waals surface area contributed by atoms with E-state index < -0.39 is 0 Å². The van der Waals surface area contributed by atoms with Crippen LogP contribution in [0.2, 0.25) is 0 Å². The molecule has 0 amide bonds. The predicted octanol–water partition coefficient (Wildman–Crippen LogP) is 2.28. The van der Waals surface area contributed by atoms with E-state index in [4.69, 9.17) is 4.74 Å². The van der Waals surface area contributed by atoms with Gasteiger partial charge in [0, 0.05) is 32.0 Å². The molecule has 112 valence electrons. The summed E-state index contributed by atoms with van der Waals surface area (Å²) in [5, 5.41) is 7.71. The van der Waals surface area contributed by atoms with Crippen molar-refractivity contribution < 1.29 is 4.74 Å². The Hall–Kier alpha value is -1.95. The smallest absolute Gasteiger partial charge is 0.133 e. The third kappa shape index (κ3) is 2.90. The number of aromatic nitrogens is 4. The van der Waals surface area contributed by atoms with Gasteiger partial charge in [0.1, 0.15) is 17.7 Å². The monoisotopic (exact) mass is 287 g/mol. The van der Waals surface area contributed by atoms with Crippen LogP contribution in [0.25, 0.3) is 0 Å². The minimum atomic E-state index is 0.00923. The van der Waals surface area contributed by atoms with Crippen LogP contribution in [0.4, 0.5) is 5.82 Å². The van der Waals surface area contributed by atoms with Crippen LogP contribution in [0.1, 0.15) is 43.8 Å². The van der Waals surface area contributed by atoms with E-state index in [9.17, 15) is 0 Å². The fourth-order valence-electron chi connectivity index (χ4n) is 2.61. The first-order chi connectivity index (χ1) is 10.1. The van der Waals surface area contributed by atoms with E-state index in [1.54, 1.807) is 12.4 Å². The third-order valence-electron chi connectivity index (χ3n) is 3.77. The summed E-state index contributed by atoms with van der Waals surface area (Å²) in [4.78, 5) is 8.87. The summed E-state index contributed by atoms with van der Waals surface area (Å²) in [6.07, 6.45) is 4.57. The van der Waals surface area contributed by atoms with Gasteiger partial charge in [0.15, 0.2) is 0 Å². The molecule has 1 N–H and O–H groups in total. The van der Waals surface area contributed by atoms with Crippen LogP contribution in [-0.2, 0) is 11.8 Å². The fraction of sp³-hybridized carbons (Fsp3) is 0.533. The van der Waals surface area contributed by atoms with Crippen molar-refractivity contribution in [2.75, 3.05) is 11.9 Å². The topological polar surface area (TPSA) is 64.9 Å². The summed E-state index contributed by atoms with van der Waals surface area (Å²) in [7, 11) is 1.94. The standard InChI is InChI=1S/C15H21N5O/c1-10(2)15-16-7-5-13(19-15)18-11-6-9-21-14(11)12-4-8-17-20(12)3/h4-5,7-8,10-11,14H,6,9H2,1-3H3,(H,16,18,19)/t11-,14-/m0/s1. The van der Waals surface area contributed by atoms with Crippen LogP contribution in [0.15, 0.2) is 24.5 Å². The first-order valence-corrected chi connectivity index (χ1v) is 7.34. The van der Waals surface area contributed by atoms with Crippen molar-refractivity contribution in [2.24, 2.45) is 7.05 Å². The van der Waals surface area contributed by atoms with Gasteiger partial charge in [-0.3, -0.25) is 4.68 Å². The highest BCUT2D eigenvalue weighted by Crippen LogP contribution is 2.30. The molecule has 0 unspecified atom stereocenters. The van der Waals surface area contributed by atoms with Crippen molar-refractivity contribution >= 4 is 5.82 Å². The molecular formula is C15H21N5O.